The highest BCUT2D eigenvalue weighted by Crippen LogP contribution is 2.35. The van der Waals surface area contributed by atoms with E-state index < -0.39 is 0 Å². The summed E-state index contributed by atoms with van der Waals surface area (Å²) in [6.45, 7) is 17.8. The quantitative estimate of drug-likeness (QED) is 0.445. The smallest absolute Gasteiger partial charge is 0.0182 e. The highest BCUT2D eigenvalue weighted by Gasteiger charge is 2.17. The molecule has 22 heavy (non-hydrogen) atoms. The minimum absolute atomic E-state index is 0.581. The topological polar surface area (TPSA) is 0 Å². The predicted molar refractivity (Wildman–Crippen MR) is 101 cm³/mol. The fourth-order valence-corrected chi connectivity index (χ4v) is 3.26. The molecule has 0 nitrogen and oxygen atoms in total. The highest BCUT2D eigenvalue weighted by molar-refractivity contribution is 5.74. The lowest BCUT2D eigenvalue weighted by atomic mass is 9.82. The molecule has 0 saturated carbocycles. The number of hydrogen-bond donors (Lipinski definition) is 0. The number of hydrogen-bond acceptors (Lipinski definition) is 0. The van der Waals surface area contributed by atoms with Crippen molar-refractivity contribution in [3.05, 3.63) is 53.1 Å². The Morgan fingerprint density at radius 2 is 1.68 bits per heavy atom. The first kappa shape index (κ1) is 18.7. The van der Waals surface area contributed by atoms with Crippen LogP contribution in [-0.4, -0.2) is 0 Å². The van der Waals surface area contributed by atoms with Crippen LogP contribution in [0.15, 0.2) is 42.0 Å². The van der Waals surface area contributed by atoms with Gasteiger partial charge in [0.15, 0.2) is 0 Å². The van der Waals surface area contributed by atoms with Gasteiger partial charge in [-0.3, -0.25) is 0 Å². The van der Waals surface area contributed by atoms with Crippen molar-refractivity contribution >= 4 is 5.57 Å². The number of allylic oxidation sites excluding steroid dienone is 3. The molecule has 122 valence electrons. The van der Waals surface area contributed by atoms with Gasteiger partial charge in [0.1, 0.15) is 0 Å². The van der Waals surface area contributed by atoms with Crippen molar-refractivity contribution in [3.63, 3.8) is 0 Å². The summed E-state index contributed by atoms with van der Waals surface area (Å²) in [6, 6.07) is 8.76. The Labute approximate surface area is 138 Å². The summed E-state index contributed by atoms with van der Waals surface area (Å²) in [5.74, 6) is 1.41. The van der Waals surface area contributed by atoms with E-state index in [-0.39, 0.29) is 0 Å². The van der Waals surface area contributed by atoms with Gasteiger partial charge in [-0.05, 0) is 61.3 Å². The van der Waals surface area contributed by atoms with Crippen molar-refractivity contribution in [1.29, 1.82) is 0 Å². The van der Waals surface area contributed by atoms with Crippen LogP contribution in [0.2, 0.25) is 0 Å². The Hall–Kier alpha value is -1.30. The van der Waals surface area contributed by atoms with E-state index in [4.69, 9.17) is 0 Å². The third-order valence-corrected chi connectivity index (χ3v) is 4.85. The van der Waals surface area contributed by atoms with E-state index in [9.17, 15) is 0 Å². The maximum absolute atomic E-state index is 4.18. The summed E-state index contributed by atoms with van der Waals surface area (Å²) in [5, 5.41) is 0. The van der Waals surface area contributed by atoms with E-state index in [1.165, 1.54) is 53.5 Å². The van der Waals surface area contributed by atoms with Crippen LogP contribution in [0.1, 0.15) is 71.4 Å². The Balaban J connectivity index is 3.05. The molecule has 0 radical (unpaired) electrons. The molecule has 0 fully saturated rings. The molecular formula is C22H34. The molecule has 0 aliphatic rings. The summed E-state index contributed by atoms with van der Waals surface area (Å²) in [5.41, 5.74) is 6.82. The number of rotatable bonds is 8. The van der Waals surface area contributed by atoms with Gasteiger partial charge in [-0.2, -0.15) is 0 Å². The van der Waals surface area contributed by atoms with E-state index >= 15 is 0 Å². The Bertz CT molecular complexity index is 519. The zero-order valence-corrected chi connectivity index (χ0v) is 15.5. The zero-order valence-electron chi connectivity index (χ0n) is 15.5. The summed E-state index contributed by atoms with van der Waals surface area (Å²) in [4.78, 5) is 0. The van der Waals surface area contributed by atoms with Gasteiger partial charge < -0.3 is 0 Å². The molecule has 0 heteroatoms. The summed E-state index contributed by atoms with van der Waals surface area (Å²) in [7, 11) is 0. The molecule has 0 N–H and O–H groups in total. The van der Waals surface area contributed by atoms with Crippen molar-refractivity contribution in [2.75, 3.05) is 0 Å². The van der Waals surface area contributed by atoms with E-state index in [1.807, 2.05) is 0 Å². The van der Waals surface area contributed by atoms with Crippen LogP contribution in [0, 0.1) is 18.8 Å². The third-order valence-electron chi connectivity index (χ3n) is 4.85. The predicted octanol–water partition coefficient (Wildman–Crippen LogP) is 7.20. The highest BCUT2D eigenvalue weighted by atomic mass is 14.2. The molecule has 0 aliphatic heterocycles. The first-order valence-corrected chi connectivity index (χ1v) is 8.81. The van der Waals surface area contributed by atoms with Gasteiger partial charge in [-0.15, -0.1) is 0 Å². The van der Waals surface area contributed by atoms with Crippen molar-refractivity contribution < 1.29 is 0 Å². The summed E-state index contributed by atoms with van der Waals surface area (Å²) in [6.07, 6.45) is 5.21. The molecule has 0 aliphatic carbocycles. The van der Waals surface area contributed by atoms with Crippen molar-refractivity contribution in [3.8, 4) is 0 Å². The third kappa shape index (κ3) is 5.16. The van der Waals surface area contributed by atoms with E-state index in [0.29, 0.717) is 5.92 Å². The molecule has 0 spiro atoms. The van der Waals surface area contributed by atoms with Crippen LogP contribution in [0.25, 0.3) is 5.57 Å². The van der Waals surface area contributed by atoms with Gasteiger partial charge in [0.2, 0.25) is 0 Å². The Morgan fingerprint density at radius 1 is 1.05 bits per heavy atom. The maximum atomic E-state index is 4.18. The SMILES string of the molecule is C=C(C)/C(C)=C(/c1ccccc1C)C(C)CCC(C)CCC. The van der Waals surface area contributed by atoms with Gasteiger partial charge in [0, 0.05) is 0 Å². The van der Waals surface area contributed by atoms with Crippen LogP contribution in [0.5, 0.6) is 0 Å². The van der Waals surface area contributed by atoms with Gasteiger partial charge in [-0.25, -0.2) is 0 Å². The average molecular weight is 299 g/mol. The molecule has 0 saturated heterocycles. The molecule has 2 unspecified atom stereocenters. The van der Waals surface area contributed by atoms with Gasteiger partial charge >= 0.3 is 0 Å². The fourth-order valence-electron chi connectivity index (χ4n) is 3.26. The van der Waals surface area contributed by atoms with Crippen molar-refractivity contribution in [2.45, 2.75) is 67.2 Å². The van der Waals surface area contributed by atoms with Crippen LogP contribution in [-0.2, 0) is 0 Å². The second kappa shape index (κ2) is 8.98. The first-order valence-electron chi connectivity index (χ1n) is 8.81. The van der Waals surface area contributed by atoms with Crippen molar-refractivity contribution in [1.82, 2.24) is 0 Å². The Kier molecular flexibility index (Phi) is 7.65. The lowest BCUT2D eigenvalue weighted by Crippen LogP contribution is -2.06. The Morgan fingerprint density at radius 3 is 2.23 bits per heavy atom. The molecule has 0 heterocycles. The van der Waals surface area contributed by atoms with Crippen LogP contribution >= 0.6 is 0 Å². The number of benzene rings is 1. The van der Waals surface area contributed by atoms with Gasteiger partial charge in [0.05, 0.1) is 0 Å². The van der Waals surface area contributed by atoms with Crippen molar-refractivity contribution in [2.24, 2.45) is 11.8 Å². The normalized spacial score (nSPS) is 15.2. The average Bonchev–Trinajstić information content (AvgIpc) is 2.47. The monoisotopic (exact) mass is 298 g/mol. The number of aryl methyl sites for hydroxylation is 1. The standard InChI is InChI=1S/C22H34/c1-8-11-17(4)14-15-19(6)22(20(7)16(2)3)21-13-10-9-12-18(21)5/h9-10,12-13,17,19H,2,8,11,14-15H2,1,3-7H3/b22-20+. The van der Waals surface area contributed by atoms with E-state index in [1.54, 1.807) is 0 Å². The molecular weight excluding hydrogens is 264 g/mol. The molecule has 0 bridgehead atoms. The molecule has 0 aromatic heterocycles. The lowest BCUT2D eigenvalue weighted by Gasteiger charge is -2.23. The second-order valence-corrected chi connectivity index (χ2v) is 7.01. The van der Waals surface area contributed by atoms with E-state index in [2.05, 4.69) is 72.4 Å². The molecule has 0 amide bonds. The second-order valence-electron chi connectivity index (χ2n) is 7.01. The van der Waals surface area contributed by atoms with Crippen LogP contribution in [0.3, 0.4) is 0 Å². The van der Waals surface area contributed by atoms with Crippen LogP contribution < -0.4 is 0 Å². The molecule has 1 rings (SSSR count). The summed E-state index contributed by atoms with van der Waals surface area (Å²) < 4.78 is 0. The van der Waals surface area contributed by atoms with E-state index in [0.717, 1.165) is 5.92 Å². The van der Waals surface area contributed by atoms with Crippen LogP contribution in [0.4, 0.5) is 0 Å². The molecule has 2 atom stereocenters. The summed E-state index contributed by atoms with van der Waals surface area (Å²) >= 11 is 0. The minimum Gasteiger partial charge on any atom is -0.0958 e. The largest absolute Gasteiger partial charge is 0.0958 e. The van der Waals surface area contributed by atoms with Gasteiger partial charge in [-0.1, -0.05) is 76.5 Å². The van der Waals surface area contributed by atoms with Gasteiger partial charge in [0.25, 0.3) is 0 Å². The molecule has 1 aromatic carbocycles. The minimum atomic E-state index is 0.581. The zero-order chi connectivity index (χ0) is 16.7. The molecule has 1 aromatic rings. The first-order chi connectivity index (χ1) is 10.4. The maximum Gasteiger partial charge on any atom is -0.0182 e. The lowest BCUT2D eigenvalue weighted by molar-refractivity contribution is 0.444. The fraction of sp³-hybridized carbons (Fsp3) is 0.545.